The highest BCUT2D eigenvalue weighted by atomic mass is 16.3. The van der Waals surface area contributed by atoms with Crippen LogP contribution in [0.2, 0.25) is 0 Å². The first-order valence-corrected chi connectivity index (χ1v) is 19.7. The fraction of sp³-hybridized carbons (Fsp3) is 0. The molecule has 0 atom stereocenters. The number of furan rings is 1. The smallest absolute Gasteiger partial charge is 0.143 e. The van der Waals surface area contributed by atoms with Crippen LogP contribution in [0.25, 0.3) is 66.1 Å². The second-order valence-electron chi connectivity index (χ2n) is 15.5. The summed E-state index contributed by atoms with van der Waals surface area (Å²) in [7, 11) is 18.5. The molecule has 56 heavy (non-hydrogen) atoms. The van der Waals surface area contributed by atoms with E-state index in [2.05, 4.69) is 207 Å². The van der Waals surface area contributed by atoms with Gasteiger partial charge in [0.05, 0.1) is 5.69 Å². The van der Waals surface area contributed by atoms with Crippen molar-refractivity contribution in [2.75, 3.05) is 4.90 Å². The SMILES string of the molecule is Bc1c(B)c(N(c2ccccc2-c2cccc3oc4c5ccccc5ccc4c23)c2c(B)c(B)c(-c3ccccc3)c(B)c2B)c(B)c(B)c1-c1ccccc1. The van der Waals surface area contributed by atoms with E-state index in [4.69, 9.17) is 4.42 Å². The molecule has 0 unspecified atom stereocenters. The van der Waals surface area contributed by atoms with Crippen LogP contribution in [0.5, 0.6) is 0 Å². The van der Waals surface area contributed by atoms with Gasteiger partial charge in [-0.3, -0.25) is 0 Å². The van der Waals surface area contributed by atoms with Gasteiger partial charge in [-0.1, -0.05) is 165 Å². The standard InChI is InChI=1S/C46H39B8NO/c47-36-33(25-13-3-1-4-14-25)37(48)41(52)44(40(36)51)55(45-42(53)38(49)34(39(50)43(45)54)26-15-5-2-6-16-26)31-20-10-9-18-28(31)29-19-11-21-32-35(29)30-23-22-24-12-7-8-17-27(24)46(30)56-32/h1-23H,47-54H2. The summed E-state index contributed by atoms with van der Waals surface area (Å²) in [5.74, 6) is 0. The molecule has 0 N–H and O–H groups in total. The van der Waals surface area contributed by atoms with Gasteiger partial charge in [0.25, 0.3) is 0 Å². The van der Waals surface area contributed by atoms with Crippen molar-refractivity contribution >= 4 is 156 Å². The van der Waals surface area contributed by atoms with Gasteiger partial charge in [-0.05, 0) is 51.4 Å². The zero-order chi connectivity index (χ0) is 38.8. The largest absolute Gasteiger partial charge is 0.455 e. The molecule has 258 valence electrons. The molecule has 0 aliphatic heterocycles. The fourth-order valence-electron chi connectivity index (χ4n) is 9.36. The Labute approximate surface area is 337 Å². The van der Waals surface area contributed by atoms with Crippen LogP contribution in [0.15, 0.2) is 144 Å². The molecular formula is C46H39B8NO. The van der Waals surface area contributed by atoms with Crippen LogP contribution in [0.1, 0.15) is 0 Å². The van der Waals surface area contributed by atoms with E-state index in [1.807, 2.05) is 0 Å². The molecule has 0 saturated carbocycles. The monoisotopic (exact) mass is 709 g/mol. The maximum absolute atomic E-state index is 6.73. The number of fused-ring (bicyclic) bond motifs is 5. The van der Waals surface area contributed by atoms with Gasteiger partial charge < -0.3 is 9.32 Å². The van der Waals surface area contributed by atoms with Crippen LogP contribution >= 0.6 is 0 Å². The van der Waals surface area contributed by atoms with Gasteiger partial charge in [0.2, 0.25) is 0 Å². The van der Waals surface area contributed by atoms with Crippen molar-refractivity contribution in [1.82, 2.24) is 0 Å². The van der Waals surface area contributed by atoms with Gasteiger partial charge in [-0.2, -0.15) is 0 Å². The highest BCUT2D eigenvalue weighted by molar-refractivity contribution is 6.65. The molecule has 0 fully saturated rings. The molecule has 0 saturated heterocycles. The van der Waals surface area contributed by atoms with Gasteiger partial charge in [0.1, 0.15) is 73.9 Å². The van der Waals surface area contributed by atoms with Crippen molar-refractivity contribution in [3.05, 3.63) is 140 Å². The minimum Gasteiger partial charge on any atom is -0.455 e. The molecule has 0 bridgehead atoms. The molecular weight excluding hydrogens is 669 g/mol. The summed E-state index contributed by atoms with van der Waals surface area (Å²) in [4.78, 5) is 2.60. The van der Waals surface area contributed by atoms with Crippen LogP contribution in [0.4, 0.5) is 17.1 Å². The van der Waals surface area contributed by atoms with Crippen LogP contribution in [-0.4, -0.2) is 62.8 Å². The molecule has 0 aliphatic carbocycles. The highest BCUT2D eigenvalue weighted by Gasteiger charge is 2.29. The maximum atomic E-state index is 6.73. The number of benzene rings is 8. The number of nitrogens with zero attached hydrogens (tertiary/aromatic N) is 1. The van der Waals surface area contributed by atoms with E-state index in [0.29, 0.717) is 0 Å². The number of para-hydroxylation sites is 1. The van der Waals surface area contributed by atoms with Gasteiger partial charge in [0, 0.05) is 33.1 Å². The van der Waals surface area contributed by atoms with Crippen LogP contribution in [-0.2, 0) is 0 Å². The molecule has 2 nitrogen and oxygen atoms in total. The summed E-state index contributed by atoms with van der Waals surface area (Å²) in [5, 5.41) is 4.58. The lowest BCUT2D eigenvalue weighted by atomic mass is 9.63. The Hall–Kier alpha value is -5.86. The second-order valence-corrected chi connectivity index (χ2v) is 15.5. The van der Waals surface area contributed by atoms with Crippen molar-refractivity contribution in [3.8, 4) is 33.4 Å². The Kier molecular flexibility index (Phi) is 8.96. The summed E-state index contributed by atoms with van der Waals surface area (Å²) >= 11 is 0. The lowest BCUT2D eigenvalue weighted by Crippen LogP contribution is -2.50. The molecule has 8 aromatic carbocycles. The molecule has 0 spiro atoms. The molecule has 0 amide bonds. The summed E-state index contributed by atoms with van der Waals surface area (Å²) < 4.78 is 6.73. The molecule has 0 radical (unpaired) electrons. The van der Waals surface area contributed by atoms with Crippen molar-refractivity contribution in [2.24, 2.45) is 0 Å². The van der Waals surface area contributed by atoms with Crippen LogP contribution in [0.3, 0.4) is 0 Å². The van der Waals surface area contributed by atoms with E-state index >= 15 is 0 Å². The van der Waals surface area contributed by atoms with Gasteiger partial charge in [0.15, 0.2) is 0 Å². The minimum absolute atomic E-state index is 0.896. The molecule has 10 heteroatoms. The van der Waals surface area contributed by atoms with Crippen molar-refractivity contribution in [1.29, 1.82) is 0 Å². The number of hydrogen-bond donors (Lipinski definition) is 0. The fourth-order valence-corrected chi connectivity index (χ4v) is 9.36. The summed E-state index contributed by atoms with van der Waals surface area (Å²) in [6.45, 7) is 0. The first-order chi connectivity index (χ1) is 27.2. The van der Waals surface area contributed by atoms with Crippen molar-refractivity contribution in [3.63, 3.8) is 0 Å². The summed E-state index contributed by atoms with van der Waals surface area (Å²) in [5.41, 5.74) is 23.2. The Morgan fingerprint density at radius 3 is 1.43 bits per heavy atom. The van der Waals surface area contributed by atoms with Crippen molar-refractivity contribution < 1.29 is 4.42 Å². The molecule has 1 aromatic heterocycles. The first kappa shape index (κ1) is 35.8. The van der Waals surface area contributed by atoms with Crippen LogP contribution in [0, 0.1) is 0 Å². The Morgan fingerprint density at radius 1 is 0.375 bits per heavy atom. The first-order valence-electron chi connectivity index (χ1n) is 19.7. The number of anilines is 3. The van der Waals surface area contributed by atoms with E-state index in [9.17, 15) is 0 Å². The number of hydrogen-bond acceptors (Lipinski definition) is 2. The van der Waals surface area contributed by atoms with E-state index in [-0.39, 0.29) is 0 Å². The third-order valence-corrected chi connectivity index (χ3v) is 12.6. The number of rotatable bonds is 6. The van der Waals surface area contributed by atoms with Gasteiger partial charge in [-0.15, -0.1) is 0 Å². The average molecular weight is 708 g/mol. The molecule has 0 aliphatic rings. The highest BCUT2D eigenvalue weighted by Crippen LogP contribution is 2.44. The summed E-state index contributed by atoms with van der Waals surface area (Å²) in [6.07, 6.45) is 0. The maximum Gasteiger partial charge on any atom is 0.143 e. The minimum atomic E-state index is 0.896. The lowest BCUT2D eigenvalue weighted by molar-refractivity contribution is 0.673. The molecule has 9 rings (SSSR count). The zero-order valence-corrected chi connectivity index (χ0v) is 33.6. The molecule has 9 aromatic rings. The second kappa shape index (κ2) is 14.0. The third kappa shape index (κ3) is 5.53. The van der Waals surface area contributed by atoms with E-state index in [1.165, 1.54) is 82.7 Å². The van der Waals surface area contributed by atoms with Gasteiger partial charge >= 0.3 is 0 Å². The van der Waals surface area contributed by atoms with Gasteiger partial charge in [-0.25, -0.2) is 0 Å². The quantitative estimate of drug-likeness (QED) is 0.213. The predicted molar refractivity (Wildman–Crippen MR) is 268 cm³/mol. The predicted octanol–water partition coefficient (Wildman–Crippen LogP) is -0.723. The Morgan fingerprint density at radius 2 is 0.857 bits per heavy atom. The third-order valence-electron chi connectivity index (χ3n) is 12.6. The lowest BCUT2D eigenvalue weighted by Gasteiger charge is -2.37. The Bertz CT molecular complexity index is 2850. The molecule has 1 heterocycles. The topological polar surface area (TPSA) is 16.4 Å². The van der Waals surface area contributed by atoms with Crippen LogP contribution < -0.4 is 48.6 Å². The average Bonchev–Trinajstić information content (AvgIpc) is 3.62. The van der Waals surface area contributed by atoms with Crippen molar-refractivity contribution in [2.45, 2.75) is 0 Å². The normalized spacial score (nSPS) is 11.4. The van der Waals surface area contributed by atoms with E-state index < -0.39 is 0 Å². The summed E-state index contributed by atoms with van der Waals surface area (Å²) in [6, 6.07) is 50.2. The van der Waals surface area contributed by atoms with E-state index in [0.717, 1.165) is 44.1 Å². The van der Waals surface area contributed by atoms with E-state index in [1.54, 1.807) is 0 Å². The zero-order valence-electron chi connectivity index (χ0n) is 33.6. The Balaban J connectivity index is 1.38.